The van der Waals surface area contributed by atoms with Crippen molar-refractivity contribution in [2.24, 2.45) is 0 Å². The molecule has 0 bridgehead atoms. The highest BCUT2D eigenvalue weighted by atomic mass is 79.9. The largest absolute Gasteiger partial charge is 0.435 e. The van der Waals surface area contributed by atoms with E-state index in [-0.39, 0.29) is 4.47 Å². The number of nitriles is 1. The van der Waals surface area contributed by atoms with Crippen LogP contribution in [-0.2, 0) is 0 Å². The first-order valence-electron chi connectivity index (χ1n) is 10.9. The lowest BCUT2D eigenvalue weighted by molar-refractivity contribution is 0.449. The normalized spacial score (nSPS) is 16.7. The fraction of sp³-hybridized carbons (Fsp3) is 0.176. The molecule has 1 unspecified atom stereocenters. The lowest BCUT2D eigenvalue weighted by atomic mass is 10.1. The van der Waals surface area contributed by atoms with Crippen molar-refractivity contribution < 1.29 is 14.3 Å². The van der Waals surface area contributed by atoms with E-state index in [9.17, 15) is 14.4 Å². The maximum absolute atomic E-state index is 12.2. The van der Waals surface area contributed by atoms with Crippen molar-refractivity contribution in [1.29, 1.82) is 5.26 Å². The van der Waals surface area contributed by atoms with Gasteiger partial charge >= 0.3 is 5.69 Å². The molecule has 0 fully saturated rings. The number of nitrogens with one attached hydrogen (secondary N) is 2. The summed E-state index contributed by atoms with van der Waals surface area (Å²) in [6.45, 7) is -2.09. The molecule has 2 aromatic heterocycles. The summed E-state index contributed by atoms with van der Waals surface area (Å²) in [5.41, 5.74) is -5.40. The molecule has 0 aliphatic heterocycles. The molecule has 1 aromatic carbocycles. The molecule has 0 aliphatic rings. The van der Waals surface area contributed by atoms with E-state index in [1.165, 1.54) is 6.07 Å². The van der Waals surface area contributed by atoms with Crippen LogP contribution in [-0.4, -0.2) is 25.0 Å². The minimum absolute atomic E-state index is 0.296. The molecular formula is C17H12BrClN6O4. The predicted octanol–water partition coefficient (Wildman–Crippen LogP) is 2.21. The average Bonchev–Trinajstić information content (AvgIpc) is 2.77. The van der Waals surface area contributed by atoms with Crippen LogP contribution in [0.2, 0.25) is 5.02 Å². The van der Waals surface area contributed by atoms with Crippen LogP contribution in [0.15, 0.2) is 37.0 Å². The Hall–Kier alpha value is -3.23. The molecule has 29 heavy (non-hydrogen) atoms. The van der Waals surface area contributed by atoms with Gasteiger partial charge in [0.2, 0.25) is 11.6 Å². The second kappa shape index (κ2) is 8.02. The van der Waals surface area contributed by atoms with Gasteiger partial charge in [-0.1, -0.05) is 25.4 Å². The predicted molar refractivity (Wildman–Crippen MR) is 107 cm³/mol. The van der Waals surface area contributed by atoms with Gasteiger partial charge in [0.25, 0.3) is 11.1 Å². The number of rotatable bonds is 4. The summed E-state index contributed by atoms with van der Waals surface area (Å²) in [4.78, 5) is 37.9. The number of aromatic nitrogens is 5. The fourth-order valence-corrected chi connectivity index (χ4v) is 2.83. The number of aromatic amines is 2. The van der Waals surface area contributed by atoms with Crippen molar-refractivity contribution in [3.05, 3.63) is 70.1 Å². The van der Waals surface area contributed by atoms with Crippen molar-refractivity contribution in [1.82, 2.24) is 25.0 Å². The lowest BCUT2D eigenvalue weighted by Gasteiger charge is -2.12. The van der Waals surface area contributed by atoms with Crippen LogP contribution < -0.4 is 21.5 Å². The smallest absolute Gasteiger partial charge is 0.349 e. The Bertz CT molecular complexity index is 1600. The zero-order chi connectivity index (χ0) is 27.3. The monoisotopic (exact) mass is 485 g/mol. The van der Waals surface area contributed by atoms with Gasteiger partial charge in [-0.15, -0.1) is 10.2 Å². The van der Waals surface area contributed by atoms with Crippen LogP contribution in [0, 0.1) is 11.3 Å². The van der Waals surface area contributed by atoms with Crippen LogP contribution in [0.4, 0.5) is 0 Å². The number of ether oxygens (including phenoxy) is 1. The third kappa shape index (κ3) is 4.13. The molecule has 0 aliphatic carbocycles. The van der Waals surface area contributed by atoms with Gasteiger partial charge in [-0.3, -0.25) is 14.6 Å². The minimum atomic E-state index is -3.00. The van der Waals surface area contributed by atoms with Crippen molar-refractivity contribution >= 4 is 27.5 Å². The second-order valence-electron chi connectivity index (χ2n) is 5.27. The van der Waals surface area contributed by atoms with Gasteiger partial charge in [0.1, 0.15) is 6.07 Å². The third-order valence-electron chi connectivity index (χ3n) is 3.29. The quantitative estimate of drug-likeness (QED) is 0.574. The molecule has 12 heteroatoms. The zero-order valence-corrected chi connectivity index (χ0v) is 16.5. The maximum Gasteiger partial charge on any atom is 0.349 e. The zero-order valence-electron chi connectivity index (χ0n) is 21.2. The van der Waals surface area contributed by atoms with Crippen LogP contribution in [0.3, 0.4) is 0 Å². The van der Waals surface area contributed by atoms with E-state index in [2.05, 4.69) is 26.1 Å². The Morgan fingerprint density at radius 3 is 2.86 bits per heavy atom. The Balaban J connectivity index is 2.24. The molecule has 3 rings (SSSR count). The number of benzene rings is 1. The topological polar surface area (TPSA) is 147 Å². The van der Waals surface area contributed by atoms with E-state index in [1.807, 2.05) is 10.1 Å². The highest BCUT2D eigenvalue weighted by Gasteiger charge is 2.16. The summed E-state index contributed by atoms with van der Waals surface area (Å²) >= 11 is 9.25. The number of halogens is 2. The Labute approximate surface area is 185 Å². The Morgan fingerprint density at radius 1 is 1.41 bits per heavy atom. The summed E-state index contributed by atoms with van der Waals surface area (Å²) in [5.74, 6) is -3.71. The lowest BCUT2D eigenvalue weighted by Crippen LogP contribution is -2.33. The highest BCUT2D eigenvalue weighted by Crippen LogP contribution is 2.37. The standard InChI is InChI=1S/C17H12BrClN6O4/c1-7(2)9-5-13(22-23-15(9)26)29-14-10(18)3-8(4-11(14)19)25-17(28)21-16(27)12(6-20)24-25/h3-5,7H,1-2H3,(H,23,26)(H,21,27,28)/i1D3,3D,4D,5D,7D. The molecule has 0 amide bonds. The van der Waals surface area contributed by atoms with E-state index in [0.29, 0.717) is 4.68 Å². The number of H-pyrrole nitrogens is 2. The van der Waals surface area contributed by atoms with Gasteiger partial charge in [-0.25, -0.2) is 9.89 Å². The van der Waals surface area contributed by atoms with Crippen molar-refractivity contribution in [2.75, 3.05) is 0 Å². The number of nitrogens with zero attached hydrogens (tertiary/aromatic N) is 4. The Kier molecular flexibility index (Phi) is 3.62. The average molecular weight is 487 g/mol. The van der Waals surface area contributed by atoms with Gasteiger partial charge in [0.15, 0.2) is 5.75 Å². The number of hydrogen-bond donors (Lipinski definition) is 2. The van der Waals surface area contributed by atoms with E-state index in [0.717, 1.165) is 6.92 Å². The summed E-state index contributed by atoms with van der Waals surface area (Å²) in [6, 6.07) is -0.719. The van der Waals surface area contributed by atoms with Gasteiger partial charge in [0.05, 0.1) is 19.3 Å². The molecule has 148 valence electrons. The van der Waals surface area contributed by atoms with Gasteiger partial charge < -0.3 is 4.74 Å². The molecule has 2 heterocycles. The van der Waals surface area contributed by atoms with Crippen molar-refractivity contribution in [3.8, 4) is 23.4 Å². The van der Waals surface area contributed by atoms with Crippen molar-refractivity contribution in [2.45, 2.75) is 19.7 Å². The van der Waals surface area contributed by atoms with Crippen LogP contribution in [0.25, 0.3) is 5.69 Å². The maximum atomic E-state index is 12.2. The summed E-state index contributed by atoms with van der Waals surface area (Å²) < 4.78 is 61.2. The van der Waals surface area contributed by atoms with E-state index >= 15 is 0 Å². The summed E-state index contributed by atoms with van der Waals surface area (Å²) in [5, 5.41) is 17.5. The van der Waals surface area contributed by atoms with Crippen molar-refractivity contribution in [3.63, 3.8) is 0 Å². The minimum Gasteiger partial charge on any atom is -0.435 e. The molecule has 1 atom stereocenters. The SMILES string of the molecule is [2H]c1c(Cl)c(Oc2n[nH]c(=O)c(C([2H])(C)C([2H])([2H])[2H])c2[2H])c(Br)c([2H])c1-n1nc(C#N)c(=O)[nH]c1=O. The Morgan fingerprint density at radius 2 is 2.17 bits per heavy atom. The second-order valence-corrected chi connectivity index (χ2v) is 6.44. The van der Waals surface area contributed by atoms with Gasteiger partial charge in [0, 0.05) is 17.1 Å². The highest BCUT2D eigenvalue weighted by molar-refractivity contribution is 9.10. The van der Waals surface area contributed by atoms with E-state index in [4.69, 9.17) is 31.2 Å². The molecule has 3 aromatic rings. The molecule has 0 saturated heterocycles. The molecule has 0 spiro atoms. The first kappa shape index (κ1) is 13.1. The van der Waals surface area contributed by atoms with Crippen LogP contribution >= 0.6 is 27.5 Å². The van der Waals surface area contributed by atoms with Gasteiger partial charge in [-0.2, -0.15) is 9.94 Å². The number of hydrogen-bond acceptors (Lipinski definition) is 7. The molecule has 0 radical (unpaired) electrons. The van der Waals surface area contributed by atoms with E-state index < -0.39 is 81.3 Å². The molecule has 10 nitrogen and oxygen atoms in total. The summed E-state index contributed by atoms with van der Waals surface area (Å²) in [7, 11) is 0. The first-order chi connectivity index (χ1) is 16.5. The van der Waals surface area contributed by atoms with Gasteiger partial charge in [-0.05, 0) is 33.9 Å². The van der Waals surface area contributed by atoms with E-state index in [1.54, 1.807) is 0 Å². The molecular weight excluding hydrogens is 468 g/mol. The van der Waals surface area contributed by atoms with Crippen LogP contribution in [0.5, 0.6) is 11.6 Å². The molecule has 2 N–H and O–H groups in total. The van der Waals surface area contributed by atoms with Crippen LogP contribution in [0.1, 0.15) is 40.5 Å². The molecule has 0 saturated carbocycles. The third-order valence-corrected chi connectivity index (χ3v) is 4.12. The first-order valence-corrected chi connectivity index (χ1v) is 8.61. The fourth-order valence-electron chi connectivity index (χ4n) is 2.03. The summed E-state index contributed by atoms with van der Waals surface area (Å²) in [6.07, 6.45) is 0.